The van der Waals surface area contributed by atoms with Crippen LogP contribution < -0.4 is 10.6 Å². The number of carbonyl (C=O) groups is 5. The molecule has 0 saturated carbocycles. The van der Waals surface area contributed by atoms with Gasteiger partial charge in [-0.05, 0) is 156 Å². The van der Waals surface area contributed by atoms with Gasteiger partial charge in [-0.1, -0.05) is 40.0 Å². The number of rotatable bonds is 23. The van der Waals surface area contributed by atoms with Gasteiger partial charge in [0.05, 0.1) is 66.5 Å². The molecule has 2 fully saturated rings. The van der Waals surface area contributed by atoms with Crippen molar-refractivity contribution in [1.29, 1.82) is 0 Å². The number of hydrogen-bond acceptors (Lipinski definition) is 18. The summed E-state index contributed by atoms with van der Waals surface area (Å²) in [7, 11) is 0. The number of esters is 3. The van der Waals surface area contributed by atoms with E-state index < -0.39 is 16.8 Å². The highest BCUT2D eigenvalue weighted by molar-refractivity contribution is 6.21. The predicted octanol–water partition coefficient (Wildman–Crippen LogP) is 10.1. The average molecular weight is 1230 g/mol. The number of nitrogens with zero attached hydrogens (tertiary/aromatic N) is 7. The Morgan fingerprint density at radius 1 is 0.663 bits per heavy atom. The number of Topliss-reactive ketones (excluding diaryl/α,β-unsaturated/α-hetero) is 1. The zero-order valence-electron chi connectivity index (χ0n) is 56.7. The Bertz CT molecular complexity index is 3010. The Hall–Kier alpha value is -6.12. The molecule has 490 valence electrons. The first-order chi connectivity index (χ1) is 41.9. The number of ether oxygens (including phenoxy) is 4. The van der Waals surface area contributed by atoms with E-state index in [1.54, 1.807) is 0 Å². The molecule has 7 rings (SSSR count). The van der Waals surface area contributed by atoms with E-state index in [-0.39, 0.29) is 92.3 Å². The van der Waals surface area contributed by atoms with E-state index in [4.69, 9.17) is 33.9 Å². The molecule has 0 radical (unpaired) electrons. The van der Waals surface area contributed by atoms with Gasteiger partial charge < -0.3 is 34.7 Å². The van der Waals surface area contributed by atoms with Crippen LogP contribution in [0.1, 0.15) is 175 Å². The fourth-order valence-electron chi connectivity index (χ4n) is 12.6. The van der Waals surface area contributed by atoms with Crippen LogP contribution in [0.15, 0.2) is 106 Å². The lowest BCUT2D eigenvalue weighted by atomic mass is 9.86. The maximum Gasteiger partial charge on any atom is 0.320 e. The van der Waals surface area contributed by atoms with Crippen molar-refractivity contribution in [2.24, 2.45) is 26.8 Å². The van der Waals surface area contributed by atoms with Crippen molar-refractivity contribution in [3.63, 3.8) is 0 Å². The van der Waals surface area contributed by atoms with Crippen molar-refractivity contribution in [3.8, 4) is 0 Å². The summed E-state index contributed by atoms with van der Waals surface area (Å²) < 4.78 is 23.7. The molecule has 0 aromatic rings. The molecule has 6 heterocycles. The molecule has 2 saturated heterocycles. The van der Waals surface area contributed by atoms with Crippen LogP contribution in [-0.2, 0) is 42.9 Å². The van der Waals surface area contributed by atoms with Gasteiger partial charge in [0.25, 0.3) is 0 Å². The van der Waals surface area contributed by atoms with Gasteiger partial charge in [0, 0.05) is 125 Å². The molecule has 0 aromatic heterocycles. The van der Waals surface area contributed by atoms with Crippen molar-refractivity contribution in [2.75, 3.05) is 91.7 Å². The normalized spacial score (nSPS) is 21.4. The molecule has 3 atom stereocenters. The minimum Gasteiger partial charge on any atom is -0.511 e. The molecule has 3 N–H and O–H groups in total. The Balaban J connectivity index is 1.04. The first-order valence-corrected chi connectivity index (χ1v) is 32.8. The maximum absolute atomic E-state index is 13.9. The van der Waals surface area contributed by atoms with Crippen LogP contribution in [0.25, 0.3) is 0 Å². The van der Waals surface area contributed by atoms with Gasteiger partial charge in [-0.2, -0.15) is 0 Å². The highest BCUT2D eigenvalue weighted by atomic mass is 16.6. The maximum atomic E-state index is 13.9. The number of ketones is 1. The number of allylic oxidation sites excluding steroid dienone is 11. The molecule has 19 nitrogen and oxygen atoms in total. The smallest absolute Gasteiger partial charge is 0.320 e. The number of fused-ring (bicyclic) bond motifs is 5. The Kier molecular flexibility index (Phi) is 24.3. The van der Waals surface area contributed by atoms with Crippen LogP contribution in [-0.4, -0.2) is 186 Å². The molecule has 19 heteroatoms. The van der Waals surface area contributed by atoms with Crippen molar-refractivity contribution in [2.45, 2.75) is 198 Å². The zero-order valence-corrected chi connectivity index (χ0v) is 56.7. The van der Waals surface area contributed by atoms with E-state index >= 15 is 0 Å². The largest absolute Gasteiger partial charge is 0.511 e. The molecule has 1 aliphatic carbocycles. The van der Waals surface area contributed by atoms with E-state index in [9.17, 15) is 29.1 Å². The number of hydrogen-bond donors (Lipinski definition) is 3. The van der Waals surface area contributed by atoms with Crippen LogP contribution in [0.3, 0.4) is 0 Å². The number of aliphatic hydroxyl groups excluding tert-OH is 1. The summed E-state index contributed by atoms with van der Waals surface area (Å²) in [6.07, 6.45) is 13.1. The lowest BCUT2D eigenvalue weighted by Gasteiger charge is -2.34. The molecule has 89 heavy (non-hydrogen) atoms. The predicted molar refractivity (Wildman–Crippen MR) is 351 cm³/mol. The van der Waals surface area contributed by atoms with Gasteiger partial charge in [-0.3, -0.25) is 43.6 Å². The summed E-state index contributed by atoms with van der Waals surface area (Å²) in [5.41, 5.74) is 11.8. The van der Waals surface area contributed by atoms with E-state index in [0.29, 0.717) is 84.8 Å². The SMILES string of the molecule is CCCCCCOC(C)C1=C(C)C2=NC1=CC1=NC(=CC3=C(C)C4=C(O)CC(=C5NC(=C2)C(C)[C@@H]5CCC(=O)NCCCC(=O)CN2CCN(CC(=O)OC(C)(C)C)CCN(CC(=O)OC(C)(C)C)CCN(CC(=O)OC(C)(C)C)CC2)C4=N3)C(CC)=C1C. The van der Waals surface area contributed by atoms with Gasteiger partial charge in [0.15, 0.2) is 0 Å². The summed E-state index contributed by atoms with van der Waals surface area (Å²) >= 11 is 0. The van der Waals surface area contributed by atoms with Crippen molar-refractivity contribution in [1.82, 2.24) is 30.2 Å². The second kappa shape index (κ2) is 30.8. The molecule has 1 amide bonds. The molecular weight excluding hydrogens is 1130 g/mol. The van der Waals surface area contributed by atoms with E-state index in [1.807, 2.05) is 83.9 Å². The van der Waals surface area contributed by atoms with Gasteiger partial charge in [0.1, 0.15) is 28.3 Å². The average Bonchev–Trinajstić information content (AvgIpc) is 1.59. The highest BCUT2D eigenvalue weighted by Gasteiger charge is 2.42. The van der Waals surface area contributed by atoms with Crippen molar-refractivity contribution in [3.05, 3.63) is 91.5 Å². The second-order valence-electron chi connectivity index (χ2n) is 28.0. The van der Waals surface area contributed by atoms with Gasteiger partial charge in [0.2, 0.25) is 5.91 Å². The van der Waals surface area contributed by atoms with Crippen LogP contribution in [0.5, 0.6) is 0 Å². The fourth-order valence-corrected chi connectivity index (χ4v) is 12.6. The number of aliphatic hydroxyl groups is 1. The summed E-state index contributed by atoms with van der Waals surface area (Å²) in [6.45, 7) is 36.2. The molecule has 8 bridgehead atoms. The minimum absolute atomic E-state index is 0.0103. The summed E-state index contributed by atoms with van der Waals surface area (Å²) in [4.78, 5) is 91.4. The van der Waals surface area contributed by atoms with Crippen LogP contribution in [0.4, 0.5) is 0 Å². The van der Waals surface area contributed by atoms with Gasteiger partial charge in [-0.25, -0.2) is 15.0 Å². The first-order valence-electron chi connectivity index (χ1n) is 32.8. The fraction of sp³-hybridized carbons (Fsp3) is 0.657. The third-order valence-corrected chi connectivity index (χ3v) is 17.2. The van der Waals surface area contributed by atoms with Gasteiger partial charge in [-0.15, -0.1) is 0 Å². The molecule has 2 unspecified atom stereocenters. The molecule has 0 aromatic carbocycles. The van der Waals surface area contributed by atoms with Crippen molar-refractivity contribution < 1.29 is 48.0 Å². The quantitative estimate of drug-likeness (QED) is 0.0493. The monoisotopic (exact) mass is 1230 g/mol. The summed E-state index contributed by atoms with van der Waals surface area (Å²) in [5, 5.41) is 18.7. The number of aliphatic imine (C=N–C) groups is 3. The topological polar surface area (TPSA) is 217 Å². The van der Waals surface area contributed by atoms with E-state index in [2.05, 4.69) is 75.3 Å². The van der Waals surface area contributed by atoms with E-state index in [1.165, 1.54) is 6.42 Å². The summed E-state index contributed by atoms with van der Waals surface area (Å²) in [5.74, 6) is -1.08. The minimum atomic E-state index is -0.678. The first kappa shape index (κ1) is 70.3. The lowest BCUT2D eigenvalue weighted by Crippen LogP contribution is -2.50. The van der Waals surface area contributed by atoms with Crippen LogP contribution in [0, 0.1) is 11.8 Å². The number of carbonyl (C=O) groups excluding carboxylic acids is 5. The third-order valence-electron chi connectivity index (χ3n) is 17.2. The van der Waals surface area contributed by atoms with Crippen LogP contribution >= 0.6 is 0 Å². The molecular formula is C70H105N9O10. The van der Waals surface area contributed by atoms with Crippen LogP contribution in [0.2, 0.25) is 0 Å². The lowest BCUT2D eigenvalue weighted by molar-refractivity contribution is -0.158. The zero-order chi connectivity index (χ0) is 65.1. The number of nitrogens with one attached hydrogen (secondary N) is 2. The third kappa shape index (κ3) is 19.9. The summed E-state index contributed by atoms with van der Waals surface area (Å²) in [6, 6.07) is 0. The van der Waals surface area contributed by atoms with E-state index in [0.717, 1.165) is 110 Å². The Morgan fingerprint density at radius 3 is 1.72 bits per heavy atom. The van der Waals surface area contributed by atoms with Gasteiger partial charge >= 0.3 is 17.9 Å². The molecule has 0 spiro atoms. The molecule has 6 aliphatic heterocycles. The Labute approximate surface area is 530 Å². The number of amides is 1. The highest BCUT2D eigenvalue weighted by Crippen LogP contribution is 2.47. The Morgan fingerprint density at radius 2 is 1.19 bits per heavy atom. The second-order valence-corrected chi connectivity index (χ2v) is 28.0. The molecule has 7 aliphatic rings. The number of unbranched alkanes of at least 4 members (excludes halogenated alkanes) is 3. The van der Waals surface area contributed by atoms with Crippen molar-refractivity contribution >= 4 is 46.7 Å². The standard InChI is InChI=1S/C70H105N9O10/c1-17-19-20-21-35-86-48(7)64-46(5)55-37-54-45(4)51(66(74-54)52-36-59(81)65-47(6)56(75-67(52)65)38-57-50(18-2)44(3)53(72-57)39-58(64)73-55)24-25-60(82)71-26-22-23-49(80)40-76-27-29-77(41-61(83)87-68(8,9)10)31-33-79(43-63(85)89-70(14,15)16)34-32-78(30-28-76)42-62(84)88-69(11,12)13/h37-39,45,48,51,74,81H,17-36,40-43H2,1-16H3,(H,71,82)/t45?,48?,51-/m0/s1.